The molecule has 0 unspecified atom stereocenters. The molecule has 4 heteroatoms. The van der Waals surface area contributed by atoms with Crippen LogP contribution in [0.2, 0.25) is 0 Å². The zero-order chi connectivity index (χ0) is 11.4. The normalized spacial score (nSPS) is 11.8. The van der Waals surface area contributed by atoms with Gasteiger partial charge in [0.2, 0.25) is 0 Å². The van der Waals surface area contributed by atoms with Gasteiger partial charge in [0.1, 0.15) is 5.57 Å². The van der Waals surface area contributed by atoms with E-state index >= 15 is 0 Å². The van der Waals surface area contributed by atoms with E-state index in [1.807, 2.05) is 5.38 Å². The quantitative estimate of drug-likeness (QED) is 0.485. The Morgan fingerprint density at radius 2 is 2.13 bits per heavy atom. The van der Waals surface area contributed by atoms with Crippen molar-refractivity contribution in [3.63, 3.8) is 0 Å². The predicted molar refractivity (Wildman–Crippen MR) is 59.8 cm³/mol. The van der Waals surface area contributed by atoms with Crippen LogP contribution in [-0.4, -0.2) is 16.9 Å². The Bertz CT molecular complexity index is 388. The molecule has 0 atom stereocenters. The van der Waals surface area contributed by atoms with Crippen molar-refractivity contribution in [2.75, 3.05) is 0 Å². The smallest absolute Gasteiger partial charge is 0.339 e. The Kier molecular flexibility index (Phi) is 3.80. The standard InChI is InChI=1S/C11H12O3S/c1-7(2)10(12)9(11(13)14)5-8-3-4-15-6-8/h3-7H,1-2H3,(H,13,14). The second-order valence-corrected chi connectivity index (χ2v) is 4.22. The molecular weight excluding hydrogens is 212 g/mol. The van der Waals surface area contributed by atoms with Crippen molar-refractivity contribution < 1.29 is 14.7 Å². The van der Waals surface area contributed by atoms with E-state index in [0.29, 0.717) is 0 Å². The van der Waals surface area contributed by atoms with Crippen molar-refractivity contribution in [2.45, 2.75) is 13.8 Å². The van der Waals surface area contributed by atoms with Gasteiger partial charge in [0.15, 0.2) is 5.78 Å². The zero-order valence-electron chi connectivity index (χ0n) is 8.56. The average Bonchev–Trinajstić information content (AvgIpc) is 2.64. The van der Waals surface area contributed by atoms with E-state index < -0.39 is 5.97 Å². The molecular formula is C11H12O3S. The molecule has 0 radical (unpaired) electrons. The number of ketones is 1. The molecule has 0 bridgehead atoms. The predicted octanol–water partition coefficient (Wildman–Crippen LogP) is 2.44. The SMILES string of the molecule is CC(C)C(=O)C(=Cc1ccsc1)C(=O)O. The van der Waals surface area contributed by atoms with Gasteiger partial charge in [-0.05, 0) is 28.5 Å². The highest BCUT2D eigenvalue weighted by Crippen LogP contribution is 2.14. The fraction of sp³-hybridized carbons (Fsp3) is 0.273. The Hall–Kier alpha value is -1.42. The van der Waals surface area contributed by atoms with Crippen LogP contribution in [0, 0.1) is 5.92 Å². The van der Waals surface area contributed by atoms with Gasteiger partial charge in [-0.1, -0.05) is 13.8 Å². The molecule has 1 heterocycles. The number of carbonyl (C=O) groups is 2. The van der Waals surface area contributed by atoms with Gasteiger partial charge in [0.25, 0.3) is 0 Å². The molecule has 1 aromatic heterocycles. The molecule has 0 aromatic carbocycles. The van der Waals surface area contributed by atoms with Crippen LogP contribution in [0.3, 0.4) is 0 Å². The molecule has 0 spiro atoms. The summed E-state index contributed by atoms with van der Waals surface area (Å²) >= 11 is 1.46. The zero-order valence-corrected chi connectivity index (χ0v) is 9.38. The summed E-state index contributed by atoms with van der Waals surface area (Å²) < 4.78 is 0. The first kappa shape index (κ1) is 11.7. The highest BCUT2D eigenvalue weighted by atomic mass is 32.1. The molecule has 15 heavy (non-hydrogen) atoms. The van der Waals surface area contributed by atoms with Gasteiger partial charge in [-0.25, -0.2) is 4.79 Å². The van der Waals surface area contributed by atoms with E-state index in [2.05, 4.69) is 0 Å². The Balaban J connectivity index is 3.03. The summed E-state index contributed by atoms with van der Waals surface area (Å²) in [6, 6.07) is 1.78. The van der Waals surface area contributed by atoms with Crippen LogP contribution in [0.15, 0.2) is 22.4 Å². The third-order valence-electron chi connectivity index (χ3n) is 1.87. The third-order valence-corrected chi connectivity index (χ3v) is 2.58. The highest BCUT2D eigenvalue weighted by Gasteiger charge is 2.19. The average molecular weight is 224 g/mol. The van der Waals surface area contributed by atoms with E-state index in [4.69, 9.17) is 5.11 Å². The number of carboxylic acid groups (broad SMARTS) is 1. The van der Waals surface area contributed by atoms with Crippen molar-refractivity contribution in [1.29, 1.82) is 0 Å². The third kappa shape index (κ3) is 3.02. The number of carboxylic acids is 1. The first-order valence-electron chi connectivity index (χ1n) is 4.53. The van der Waals surface area contributed by atoms with E-state index in [1.54, 1.807) is 25.3 Å². The summed E-state index contributed by atoms with van der Waals surface area (Å²) in [6.07, 6.45) is 1.42. The molecule has 0 aliphatic heterocycles. The minimum atomic E-state index is -1.17. The number of aliphatic carboxylic acids is 1. The molecule has 0 fully saturated rings. The lowest BCUT2D eigenvalue weighted by molar-refractivity contribution is -0.135. The number of hydrogen-bond acceptors (Lipinski definition) is 3. The Morgan fingerprint density at radius 3 is 2.53 bits per heavy atom. The van der Waals surface area contributed by atoms with Gasteiger partial charge >= 0.3 is 5.97 Å². The lowest BCUT2D eigenvalue weighted by Gasteiger charge is -2.03. The molecule has 0 saturated heterocycles. The highest BCUT2D eigenvalue weighted by molar-refractivity contribution is 7.08. The number of carbonyl (C=O) groups excluding carboxylic acids is 1. The van der Waals surface area contributed by atoms with Crippen LogP contribution >= 0.6 is 11.3 Å². The van der Waals surface area contributed by atoms with E-state index in [-0.39, 0.29) is 17.3 Å². The first-order chi connectivity index (χ1) is 7.02. The van der Waals surface area contributed by atoms with Crippen LogP contribution in [0.25, 0.3) is 6.08 Å². The van der Waals surface area contributed by atoms with Crippen LogP contribution in [0.4, 0.5) is 0 Å². The molecule has 0 aliphatic rings. The summed E-state index contributed by atoms with van der Waals surface area (Å²) in [5.74, 6) is -1.81. The Morgan fingerprint density at radius 1 is 1.47 bits per heavy atom. The van der Waals surface area contributed by atoms with Crippen LogP contribution < -0.4 is 0 Å². The van der Waals surface area contributed by atoms with Gasteiger partial charge in [-0.15, -0.1) is 0 Å². The molecule has 1 N–H and O–H groups in total. The molecule has 1 aromatic rings. The number of hydrogen-bond donors (Lipinski definition) is 1. The summed E-state index contributed by atoms with van der Waals surface area (Å²) in [6.45, 7) is 3.37. The van der Waals surface area contributed by atoms with Gasteiger partial charge in [0, 0.05) is 5.92 Å². The van der Waals surface area contributed by atoms with E-state index in [1.165, 1.54) is 17.4 Å². The largest absolute Gasteiger partial charge is 0.478 e. The summed E-state index contributed by atoms with van der Waals surface area (Å²) in [4.78, 5) is 22.5. The van der Waals surface area contributed by atoms with Crippen molar-refractivity contribution >= 4 is 29.2 Å². The van der Waals surface area contributed by atoms with Crippen molar-refractivity contribution in [3.05, 3.63) is 28.0 Å². The lowest BCUT2D eigenvalue weighted by atomic mass is 10.00. The second kappa shape index (κ2) is 4.89. The molecule has 80 valence electrons. The lowest BCUT2D eigenvalue weighted by Crippen LogP contribution is -2.17. The first-order valence-corrected chi connectivity index (χ1v) is 5.48. The monoisotopic (exact) mass is 224 g/mol. The van der Waals surface area contributed by atoms with Gasteiger partial charge in [0.05, 0.1) is 0 Å². The van der Waals surface area contributed by atoms with Crippen molar-refractivity contribution in [2.24, 2.45) is 5.92 Å². The minimum absolute atomic E-state index is 0.150. The van der Waals surface area contributed by atoms with Crippen LogP contribution in [0.1, 0.15) is 19.4 Å². The maximum Gasteiger partial charge on any atom is 0.339 e. The fourth-order valence-electron chi connectivity index (χ4n) is 1.07. The summed E-state index contributed by atoms with van der Waals surface area (Å²) in [5, 5.41) is 12.5. The van der Waals surface area contributed by atoms with Crippen LogP contribution in [-0.2, 0) is 9.59 Å². The molecule has 3 nitrogen and oxygen atoms in total. The number of Topliss-reactive ketones (excluding diaryl/α,β-unsaturated/α-hetero) is 1. The van der Waals surface area contributed by atoms with Gasteiger partial charge < -0.3 is 5.11 Å². The summed E-state index contributed by atoms with van der Waals surface area (Å²) in [7, 11) is 0. The maximum atomic E-state index is 11.6. The topological polar surface area (TPSA) is 54.4 Å². The second-order valence-electron chi connectivity index (χ2n) is 3.44. The van der Waals surface area contributed by atoms with Gasteiger partial charge in [-0.2, -0.15) is 11.3 Å². The minimum Gasteiger partial charge on any atom is -0.478 e. The number of thiophene rings is 1. The maximum absolute atomic E-state index is 11.6. The number of rotatable bonds is 4. The van der Waals surface area contributed by atoms with Crippen molar-refractivity contribution in [3.8, 4) is 0 Å². The van der Waals surface area contributed by atoms with E-state index in [0.717, 1.165) is 5.56 Å². The molecule has 0 aliphatic carbocycles. The Labute approximate surface area is 92.1 Å². The molecule has 0 amide bonds. The molecule has 1 rings (SSSR count). The van der Waals surface area contributed by atoms with Crippen LogP contribution in [0.5, 0.6) is 0 Å². The summed E-state index contributed by atoms with van der Waals surface area (Å²) in [5.41, 5.74) is 0.606. The van der Waals surface area contributed by atoms with Crippen molar-refractivity contribution in [1.82, 2.24) is 0 Å². The van der Waals surface area contributed by atoms with Gasteiger partial charge in [-0.3, -0.25) is 4.79 Å². The fourth-order valence-corrected chi connectivity index (χ4v) is 1.69. The molecule has 0 saturated carbocycles. The van der Waals surface area contributed by atoms with E-state index in [9.17, 15) is 9.59 Å².